The summed E-state index contributed by atoms with van der Waals surface area (Å²) in [6.07, 6.45) is 0. The molecule has 0 aromatic heterocycles. The van der Waals surface area contributed by atoms with Gasteiger partial charge in [0.05, 0.1) is 7.11 Å². The van der Waals surface area contributed by atoms with Gasteiger partial charge in [0.15, 0.2) is 11.6 Å². The van der Waals surface area contributed by atoms with Crippen LogP contribution in [-0.4, -0.2) is 38.2 Å². The van der Waals surface area contributed by atoms with Crippen LogP contribution in [0, 0.1) is 5.82 Å². The second-order valence-electron chi connectivity index (χ2n) is 4.36. The molecule has 1 aliphatic rings. The van der Waals surface area contributed by atoms with Crippen molar-refractivity contribution < 1.29 is 9.13 Å². The number of ether oxygens (including phenoxy) is 1. The van der Waals surface area contributed by atoms with E-state index in [1.807, 2.05) is 6.07 Å². The fraction of sp³-hybridized carbons (Fsp3) is 0.538. The molecule has 6 heteroatoms. The van der Waals surface area contributed by atoms with E-state index in [0.29, 0.717) is 5.75 Å². The minimum absolute atomic E-state index is 0. The van der Waals surface area contributed by atoms with Crippen molar-refractivity contribution in [2.45, 2.75) is 13.0 Å². The first-order valence-electron chi connectivity index (χ1n) is 6.00. The first kappa shape index (κ1) is 18.4. The molecule has 0 aliphatic carbocycles. The van der Waals surface area contributed by atoms with E-state index >= 15 is 0 Å². The summed E-state index contributed by atoms with van der Waals surface area (Å²) in [5.74, 6) is 0.0215. The van der Waals surface area contributed by atoms with Gasteiger partial charge >= 0.3 is 0 Å². The Morgan fingerprint density at radius 3 is 2.42 bits per heavy atom. The normalized spacial score (nSPS) is 17.0. The molecule has 0 saturated carbocycles. The molecule has 0 spiro atoms. The predicted molar refractivity (Wildman–Crippen MR) is 80.3 cm³/mol. The van der Waals surface area contributed by atoms with E-state index in [-0.39, 0.29) is 36.7 Å². The summed E-state index contributed by atoms with van der Waals surface area (Å²) in [5, 5.41) is 3.31. The van der Waals surface area contributed by atoms with Crippen LogP contribution >= 0.6 is 24.8 Å². The molecule has 0 unspecified atom stereocenters. The summed E-state index contributed by atoms with van der Waals surface area (Å²) in [7, 11) is 1.48. The Kier molecular flexibility index (Phi) is 8.34. The molecule has 0 bridgehead atoms. The van der Waals surface area contributed by atoms with Crippen LogP contribution in [0.1, 0.15) is 18.5 Å². The van der Waals surface area contributed by atoms with E-state index in [9.17, 15) is 4.39 Å². The van der Waals surface area contributed by atoms with Crippen molar-refractivity contribution in [3.63, 3.8) is 0 Å². The van der Waals surface area contributed by atoms with Crippen LogP contribution in [0.15, 0.2) is 18.2 Å². The number of methoxy groups -OCH3 is 1. The molecular formula is C13H21Cl2FN2O. The Labute approximate surface area is 126 Å². The number of rotatable bonds is 3. The molecule has 1 aromatic carbocycles. The Morgan fingerprint density at radius 1 is 1.26 bits per heavy atom. The van der Waals surface area contributed by atoms with Crippen molar-refractivity contribution in [3.05, 3.63) is 29.6 Å². The highest BCUT2D eigenvalue weighted by molar-refractivity contribution is 5.85. The van der Waals surface area contributed by atoms with Gasteiger partial charge < -0.3 is 10.1 Å². The van der Waals surface area contributed by atoms with Crippen LogP contribution in [0.5, 0.6) is 5.75 Å². The number of benzene rings is 1. The van der Waals surface area contributed by atoms with Gasteiger partial charge in [-0.1, -0.05) is 6.07 Å². The van der Waals surface area contributed by atoms with E-state index in [1.165, 1.54) is 7.11 Å². The summed E-state index contributed by atoms with van der Waals surface area (Å²) >= 11 is 0. The van der Waals surface area contributed by atoms with Crippen molar-refractivity contribution in [2.75, 3.05) is 33.3 Å². The summed E-state index contributed by atoms with van der Waals surface area (Å²) in [5.41, 5.74) is 1.00. The first-order valence-corrected chi connectivity index (χ1v) is 6.00. The van der Waals surface area contributed by atoms with Crippen molar-refractivity contribution in [1.82, 2.24) is 10.2 Å². The minimum Gasteiger partial charge on any atom is -0.494 e. The van der Waals surface area contributed by atoms with Gasteiger partial charge in [-0.15, -0.1) is 24.8 Å². The lowest BCUT2D eigenvalue weighted by molar-refractivity contribution is 0.185. The van der Waals surface area contributed by atoms with E-state index in [2.05, 4.69) is 17.1 Å². The Bertz CT molecular complexity index is 387. The van der Waals surface area contributed by atoms with Crippen LogP contribution < -0.4 is 10.1 Å². The molecule has 0 radical (unpaired) electrons. The predicted octanol–water partition coefficient (Wildman–Crippen LogP) is 2.64. The van der Waals surface area contributed by atoms with Crippen LogP contribution in [0.4, 0.5) is 4.39 Å². The standard InChI is InChI=1S/C13H19FN2O.2ClH/c1-10(16-7-5-15-6-8-16)11-3-4-13(17-2)12(14)9-11;;/h3-4,9-10,15H,5-8H2,1-2H3;2*1H/t10-;;/m1../s1. The topological polar surface area (TPSA) is 24.5 Å². The maximum Gasteiger partial charge on any atom is 0.165 e. The highest BCUT2D eigenvalue weighted by Gasteiger charge is 2.18. The van der Waals surface area contributed by atoms with Crippen molar-refractivity contribution >= 4 is 24.8 Å². The molecule has 0 amide bonds. The summed E-state index contributed by atoms with van der Waals surface area (Å²) in [6, 6.07) is 5.46. The zero-order valence-corrected chi connectivity index (χ0v) is 12.8. The summed E-state index contributed by atoms with van der Waals surface area (Å²) < 4.78 is 18.5. The van der Waals surface area contributed by atoms with Crippen LogP contribution in [0.3, 0.4) is 0 Å². The monoisotopic (exact) mass is 310 g/mol. The molecule has 1 N–H and O–H groups in total. The summed E-state index contributed by atoms with van der Waals surface area (Å²) in [6.45, 7) is 6.14. The highest BCUT2D eigenvalue weighted by atomic mass is 35.5. The summed E-state index contributed by atoms with van der Waals surface area (Å²) in [4.78, 5) is 2.36. The van der Waals surface area contributed by atoms with Gasteiger partial charge in [0, 0.05) is 32.2 Å². The molecule has 19 heavy (non-hydrogen) atoms. The van der Waals surface area contributed by atoms with Crippen LogP contribution in [-0.2, 0) is 0 Å². The zero-order valence-electron chi connectivity index (χ0n) is 11.2. The van der Waals surface area contributed by atoms with Crippen molar-refractivity contribution in [2.24, 2.45) is 0 Å². The average Bonchev–Trinajstić information content (AvgIpc) is 2.39. The molecule has 1 atom stereocenters. The second-order valence-corrected chi connectivity index (χ2v) is 4.36. The maximum absolute atomic E-state index is 13.6. The Hall–Kier alpha value is -0.550. The first-order chi connectivity index (χ1) is 8.22. The molecule has 1 aromatic rings. The lowest BCUT2D eigenvalue weighted by atomic mass is 10.1. The number of nitrogens with one attached hydrogen (secondary N) is 1. The van der Waals surface area contributed by atoms with Crippen molar-refractivity contribution in [3.8, 4) is 5.75 Å². The highest BCUT2D eigenvalue weighted by Crippen LogP contribution is 2.25. The smallest absolute Gasteiger partial charge is 0.165 e. The van der Waals surface area contributed by atoms with E-state index < -0.39 is 0 Å². The third kappa shape index (κ3) is 4.49. The zero-order chi connectivity index (χ0) is 12.3. The molecule has 110 valence electrons. The lowest BCUT2D eigenvalue weighted by Gasteiger charge is -2.33. The van der Waals surface area contributed by atoms with Gasteiger partial charge in [0.25, 0.3) is 0 Å². The maximum atomic E-state index is 13.6. The van der Waals surface area contributed by atoms with Crippen molar-refractivity contribution in [1.29, 1.82) is 0 Å². The number of hydrogen-bond donors (Lipinski definition) is 1. The van der Waals surface area contributed by atoms with Gasteiger partial charge in [0.1, 0.15) is 0 Å². The second kappa shape index (κ2) is 8.59. The van der Waals surface area contributed by atoms with Crippen LogP contribution in [0.2, 0.25) is 0 Å². The molecular weight excluding hydrogens is 290 g/mol. The third-order valence-electron chi connectivity index (χ3n) is 3.36. The van der Waals surface area contributed by atoms with E-state index in [0.717, 1.165) is 31.7 Å². The molecule has 1 aliphatic heterocycles. The molecule has 1 fully saturated rings. The number of halogens is 3. The minimum atomic E-state index is -0.285. The molecule has 2 rings (SSSR count). The number of piperazine rings is 1. The largest absolute Gasteiger partial charge is 0.494 e. The van der Waals surface area contributed by atoms with E-state index in [1.54, 1.807) is 12.1 Å². The van der Waals surface area contributed by atoms with Gasteiger partial charge in [0.2, 0.25) is 0 Å². The lowest BCUT2D eigenvalue weighted by Crippen LogP contribution is -2.44. The van der Waals surface area contributed by atoms with Gasteiger partial charge in [-0.3, -0.25) is 4.90 Å². The van der Waals surface area contributed by atoms with Gasteiger partial charge in [-0.2, -0.15) is 0 Å². The fourth-order valence-electron chi connectivity index (χ4n) is 2.22. The average molecular weight is 311 g/mol. The molecule has 1 heterocycles. The Balaban J connectivity index is 0.00000162. The van der Waals surface area contributed by atoms with Crippen LogP contribution in [0.25, 0.3) is 0 Å². The van der Waals surface area contributed by atoms with Gasteiger partial charge in [-0.05, 0) is 24.6 Å². The number of hydrogen-bond acceptors (Lipinski definition) is 3. The van der Waals surface area contributed by atoms with Gasteiger partial charge in [-0.25, -0.2) is 4.39 Å². The van der Waals surface area contributed by atoms with E-state index in [4.69, 9.17) is 4.74 Å². The molecule has 1 saturated heterocycles. The molecule has 3 nitrogen and oxygen atoms in total. The number of nitrogens with zero attached hydrogens (tertiary/aromatic N) is 1. The fourth-order valence-corrected chi connectivity index (χ4v) is 2.22. The quantitative estimate of drug-likeness (QED) is 0.929. The Morgan fingerprint density at radius 2 is 1.89 bits per heavy atom. The third-order valence-corrected chi connectivity index (χ3v) is 3.36. The SMILES string of the molecule is COc1ccc([C@@H](C)N2CCNCC2)cc1F.Cl.Cl.